The lowest BCUT2D eigenvalue weighted by atomic mass is 9.59. The number of hydrogen-bond acceptors (Lipinski definition) is 14. The zero-order valence-corrected chi connectivity index (χ0v) is 42.9. The van der Waals surface area contributed by atoms with E-state index < -0.39 is 43.1 Å². The van der Waals surface area contributed by atoms with Crippen molar-refractivity contribution in [3.63, 3.8) is 0 Å². The fourth-order valence-corrected chi connectivity index (χ4v) is 13.7. The number of carbonyl (C=O) groups excluding carboxylic acids is 1. The lowest BCUT2D eigenvalue weighted by Crippen LogP contribution is -2.56. The Balaban J connectivity index is 0.859. The summed E-state index contributed by atoms with van der Waals surface area (Å²) in [4.78, 5) is 41.3. The summed E-state index contributed by atoms with van der Waals surface area (Å²) in [6.07, 6.45) is 12.8. The van der Waals surface area contributed by atoms with Gasteiger partial charge in [-0.2, -0.15) is 4.98 Å². The second kappa shape index (κ2) is 19.7. The third-order valence-corrected chi connectivity index (χ3v) is 18.1. The molecule has 1 amide bonds. The summed E-state index contributed by atoms with van der Waals surface area (Å²) in [7, 11) is -4.62. The van der Waals surface area contributed by atoms with Gasteiger partial charge in [-0.25, -0.2) is 13.1 Å². The number of H-pyrrole nitrogens is 1. The fraction of sp³-hybridized carbons (Fsp3) is 0.527. The van der Waals surface area contributed by atoms with E-state index >= 15 is 0 Å². The number of fused-ring (bicyclic) bond motifs is 3. The minimum atomic E-state index is -4.62. The van der Waals surface area contributed by atoms with Gasteiger partial charge in [0.05, 0.1) is 45.4 Å². The van der Waals surface area contributed by atoms with Crippen molar-refractivity contribution >= 4 is 55.4 Å². The number of ether oxygens (including phenoxy) is 3. The van der Waals surface area contributed by atoms with E-state index in [1.165, 1.54) is 30.5 Å². The fourth-order valence-electron chi connectivity index (χ4n) is 12.7. The molecule has 6 aliphatic rings. The van der Waals surface area contributed by atoms with Crippen molar-refractivity contribution in [1.29, 1.82) is 0 Å². The average Bonchev–Trinajstić information content (AvgIpc) is 3.83. The molecule has 11 rings (SSSR count). The predicted molar refractivity (Wildman–Crippen MR) is 280 cm³/mol. The Bertz CT molecular complexity index is 2970. The SMILES string of the molecule is CC(C)Oc1ccccc1[C@H]1CCCCN1C1CC2(CCN(c3ccc(C(=O)NS(=O)(=O)c4ccc(NC[C@H]5CC[C@](C)(O)CC5)c([N+](=O)[O-])c4)c(N4c5cc6cc[nH]c6nc5O[C@H]5COCC[C@@H]54)c3)CC2)C1. The minimum absolute atomic E-state index is 0.107. The van der Waals surface area contributed by atoms with Crippen molar-refractivity contribution in [2.24, 2.45) is 11.3 Å². The summed E-state index contributed by atoms with van der Waals surface area (Å²) in [5.74, 6) is 0.687. The number of likely N-dealkylation sites (tertiary alicyclic amines) is 1. The summed E-state index contributed by atoms with van der Waals surface area (Å²) in [5.41, 5.74) is 3.42. The van der Waals surface area contributed by atoms with Gasteiger partial charge in [0.1, 0.15) is 28.9 Å². The lowest BCUT2D eigenvalue weighted by molar-refractivity contribution is -0.384. The Hall–Kier alpha value is -5.95. The number of aliphatic hydroxyl groups is 1. The van der Waals surface area contributed by atoms with Crippen LogP contribution in [0.5, 0.6) is 11.6 Å². The molecule has 17 nitrogen and oxygen atoms in total. The standard InChI is InChI=1S/C55H68N8O9S/c1-35(2)71-49-10-5-4-8-41(49)44-9-6-7-24-61(44)39-31-55(32-39)21-25-60(26-22-55)38-11-13-42(46(29-38)62-45-18-27-70-34-50(45)72-53-48(62)28-37-17-23-56-51(37)58-53)52(64)59-73(68,69)40-12-14-43(47(30-40)63(66)67)57-33-36-15-19-54(3,65)20-16-36/h4-5,8,10-14,17,23,28-30,35-36,39,44-45,50,57,65H,6-7,9,15-16,18-22,24-27,31-34H2,1-3H3,(H,56,58)(H,59,64)/t36-,44-,45+,50+,54-/m1/s1. The van der Waals surface area contributed by atoms with Crippen LogP contribution in [0.25, 0.3) is 11.0 Å². The molecule has 2 aromatic heterocycles. The van der Waals surface area contributed by atoms with Crippen molar-refractivity contribution in [3.05, 3.63) is 100 Å². The molecule has 1 spiro atoms. The maximum atomic E-state index is 14.7. The van der Waals surface area contributed by atoms with Crippen LogP contribution in [-0.2, 0) is 14.8 Å². The molecule has 73 heavy (non-hydrogen) atoms. The smallest absolute Gasteiger partial charge is 0.293 e. The number of para-hydroxylation sites is 1. The van der Waals surface area contributed by atoms with Gasteiger partial charge < -0.3 is 39.4 Å². The van der Waals surface area contributed by atoms with Gasteiger partial charge >= 0.3 is 0 Å². The number of benzene rings is 3. The Morgan fingerprint density at radius 1 is 0.973 bits per heavy atom. The second-order valence-corrected chi connectivity index (χ2v) is 23.8. The molecule has 3 saturated heterocycles. The number of nitrogens with zero attached hydrogens (tertiary/aromatic N) is 5. The predicted octanol–water partition coefficient (Wildman–Crippen LogP) is 9.39. The van der Waals surface area contributed by atoms with Crippen molar-refractivity contribution in [2.45, 2.75) is 139 Å². The molecule has 5 fully saturated rings. The van der Waals surface area contributed by atoms with E-state index in [9.17, 15) is 28.4 Å². The number of piperidine rings is 2. The number of aromatic nitrogens is 2. The summed E-state index contributed by atoms with van der Waals surface area (Å²) in [6, 6.07) is 22.3. The molecule has 388 valence electrons. The first-order valence-electron chi connectivity index (χ1n) is 26.4. The van der Waals surface area contributed by atoms with Crippen LogP contribution in [0.2, 0.25) is 0 Å². The van der Waals surface area contributed by atoms with E-state index in [0.29, 0.717) is 74.0 Å². The number of rotatable bonds is 13. The molecule has 4 N–H and O–H groups in total. The number of hydrogen-bond donors (Lipinski definition) is 4. The van der Waals surface area contributed by atoms with E-state index in [4.69, 9.17) is 19.2 Å². The van der Waals surface area contributed by atoms with Crippen LogP contribution >= 0.6 is 0 Å². The number of anilines is 4. The van der Waals surface area contributed by atoms with Crippen LogP contribution < -0.4 is 29.3 Å². The third-order valence-electron chi connectivity index (χ3n) is 16.7. The topological polar surface area (TPSA) is 205 Å². The number of nitrogens with one attached hydrogen (secondary N) is 3. The van der Waals surface area contributed by atoms with Gasteiger partial charge in [0.2, 0.25) is 5.88 Å². The minimum Gasteiger partial charge on any atom is -0.491 e. The van der Waals surface area contributed by atoms with Crippen molar-refractivity contribution in [3.8, 4) is 11.6 Å². The summed E-state index contributed by atoms with van der Waals surface area (Å²) >= 11 is 0. The monoisotopic (exact) mass is 1020 g/mol. The number of nitro groups is 1. The number of pyridine rings is 1. The van der Waals surface area contributed by atoms with E-state index in [-0.39, 0.29) is 34.7 Å². The van der Waals surface area contributed by atoms with Gasteiger partial charge in [-0.15, -0.1) is 0 Å². The molecule has 2 aliphatic carbocycles. The molecular formula is C55H68N8O9S. The number of amides is 1. The van der Waals surface area contributed by atoms with Gasteiger partial charge in [0.25, 0.3) is 21.6 Å². The number of sulfonamides is 1. The zero-order valence-electron chi connectivity index (χ0n) is 42.1. The van der Waals surface area contributed by atoms with Crippen LogP contribution in [0.1, 0.15) is 120 Å². The van der Waals surface area contributed by atoms with Crippen LogP contribution in [0.15, 0.2) is 83.9 Å². The van der Waals surface area contributed by atoms with Crippen molar-refractivity contribution < 1.29 is 37.5 Å². The van der Waals surface area contributed by atoms with Crippen molar-refractivity contribution in [2.75, 3.05) is 54.5 Å². The highest BCUT2D eigenvalue weighted by molar-refractivity contribution is 7.90. The molecule has 5 aromatic rings. The third kappa shape index (κ3) is 9.95. The van der Waals surface area contributed by atoms with Gasteiger partial charge in [-0.3, -0.25) is 19.8 Å². The summed E-state index contributed by atoms with van der Waals surface area (Å²) in [6.45, 7) is 9.95. The quantitative estimate of drug-likeness (QED) is 0.0641. The maximum Gasteiger partial charge on any atom is 0.293 e. The molecule has 0 unspecified atom stereocenters. The first kappa shape index (κ1) is 49.3. The van der Waals surface area contributed by atoms with E-state index in [0.717, 1.165) is 87.5 Å². The zero-order chi connectivity index (χ0) is 50.6. The van der Waals surface area contributed by atoms with E-state index in [1.807, 2.05) is 37.4 Å². The molecule has 3 aromatic carbocycles. The Morgan fingerprint density at radius 3 is 2.55 bits per heavy atom. The number of carbonyl (C=O) groups is 1. The van der Waals surface area contributed by atoms with Crippen LogP contribution in [0, 0.1) is 21.4 Å². The second-order valence-electron chi connectivity index (χ2n) is 22.1. The van der Waals surface area contributed by atoms with E-state index in [1.54, 1.807) is 6.07 Å². The van der Waals surface area contributed by atoms with Gasteiger partial charge in [0.15, 0.2) is 0 Å². The molecule has 18 heteroatoms. The molecule has 3 atom stereocenters. The largest absolute Gasteiger partial charge is 0.491 e. The van der Waals surface area contributed by atoms with Gasteiger partial charge in [-0.1, -0.05) is 24.6 Å². The number of aromatic amines is 1. The van der Waals surface area contributed by atoms with Crippen LogP contribution in [0.3, 0.4) is 0 Å². The highest BCUT2D eigenvalue weighted by atomic mass is 32.2. The highest BCUT2D eigenvalue weighted by Gasteiger charge is 2.50. The van der Waals surface area contributed by atoms with Gasteiger partial charge in [-0.05, 0) is 158 Å². The maximum absolute atomic E-state index is 14.7. The number of nitro benzene ring substituents is 1. The van der Waals surface area contributed by atoms with E-state index in [2.05, 4.69) is 67.8 Å². The Kier molecular flexibility index (Phi) is 13.3. The summed E-state index contributed by atoms with van der Waals surface area (Å²) in [5, 5.41) is 26.8. The molecule has 0 bridgehead atoms. The summed E-state index contributed by atoms with van der Waals surface area (Å²) < 4.78 is 49.4. The molecule has 4 aliphatic heterocycles. The lowest BCUT2D eigenvalue weighted by Gasteiger charge is -2.57. The average molecular weight is 1020 g/mol. The first-order chi connectivity index (χ1) is 35.1. The molecule has 6 heterocycles. The van der Waals surface area contributed by atoms with Crippen molar-refractivity contribution in [1.82, 2.24) is 19.6 Å². The Labute approximate surface area is 427 Å². The molecular weight excluding hydrogens is 949 g/mol. The molecule has 2 saturated carbocycles. The van der Waals surface area contributed by atoms with Crippen LogP contribution in [0.4, 0.5) is 28.4 Å². The highest BCUT2D eigenvalue weighted by Crippen LogP contribution is 2.55. The normalized spacial score (nSPS) is 25.4. The molecule has 0 radical (unpaired) electrons. The van der Waals surface area contributed by atoms with Crippen LogP contribution in [-0.4, -0.2) is 109 Å². The van der Waals surface area contributed by atoms with Gasteiger partial charge in [0, 0.05) is 67.2 Å². The first-order valence-corrected chi connectivity index (χ1v) is 27.8. The Morgan fingerprint density at radius 2 is 1.77 bits per heavy atom.